The summed E-state index contributed by atoms with van der Waals surface area (Å²) in [5, 5.41) is 1.86. The van der Waals surface area contributed by atoms with Crippen LogP contribution in [0.25, 0.3) is 0 Å². The number of hydrogen-bond donors (Lipinski definition) is 0. The molecule has 19 heavy (non-hydrogen) atoms. The highest BCUT2D eigenvalue weighted by Crippen LogP contribution is 2.24. The highest BCUT2D eigenvalue weighted by Gasteiger charge is 2.13. The van der Waals surface area contributed by atoms with Gasteiger partial charge in [0, 0.05) is 17.0 Å². The lowest BCUT2D eigenvalue weighted by Crippen LogP contribution is -2.01. The number of carbonyl (C=O) groups is 1. The Balaban J connectivity index is 2.33. The summed E-state index contributed by atoms with van der Waals surface area (Å²) in [5.41, 5.74) is 3.35. The Morgan fingerprint density at radius 1 is 1.16 bits per heavy atom. The number of benzene rings is 1. The minimum absolute atomic E-state index is 0.0747. The van der Waals surface area contributed by atoms with Crippen molar-refractivity contribution in [2.45, 2.75) is 26.7 Å². The van der Waals surface area contributed by atoms with Crippen LogP contribution in [0.15, 0.2) is 29.6 Å². The van der Waals surface area contributed by atoms with E-state index < -0.39 is 0 Å². The van der Waals surface area contributed by atoms with Gasteiger partial charge in [-0.25, -0.2) is 0 Å². The van der Waals surface area contributed by atoms with Crippen LogP contribution in [0.4, 0.5) is 0 Å². The van der Waals surface area contributed by atoms with Crippen LogP contribution in [0.3, 0.4) is 0 Å². The van der Waals surface area contributed by atoms with Crippen molar-refractivity contribution in [3.63, 3.8) is 0 Å². The largest absolute Gasteiger partial charge is 0.496 e. The van der Waals surface area contributed by atoms with E-state index in [1.807, 2.05) is 17.5 Å². The van der Waals surface area contributed by atoms with Gasteiger partial charge in [-0.3, -0.25) is 4.79 Å². The van der Waals surface area contributed by atoms with Crippen molar-refractivity contribution in [1.29, 1.82) is 0 Å². The number of aryl methyl sites for hydroxylation is 2. The quantitative estimate of drug-likeness (QED) is 0.767. The molecule has 0 bridgehead atoms. The van der Waals surface area contributed by atoms with Gasteiger partial charge in [0.2, 0.25) is 5.78 Å². The Morgan fingerprint density at radius 3 is 2.47 bits per heavy atom. The van der Waals surface area contributed by atoms with Gasteiger partial charge in [0.15, 0.2) is 0 Å². The van der Waals surface area contributed by atoms with Crippen LogP contribution >= 0.6 is 11.3 Å². The molecule has 0 spiro atoms. The molecule has 1 heterocycles. The molecule has 1 aromatic carbocycles. The lowest BCUT2D eigenvalue weighted by molar-refractivity contribution is 0.104. The first-order chi connectivity index (χ1) is 9.19. The predicted octanol–water partition coefficient (Wildman–Crippen LogP) is 4.11. The molecule has 3 heteroatoms. The van der Waals surface area contributed by atoms with Crippen molar-refractivity contribution in [3.05, 3.63) is 51.2 Å². The second-order valence-electron chi connectivity index (χ2n) is 4.37. The van der Waals surface area contributed by atoms with Gasteiger partial charge in [0.1, 0.15) is 5.75 Å². The van der Waals surface area contributed by atoms with E-state index in [1.54, 1.807) is 13.2 Å². The molecule has 0 saturated heterocycles. The van der Waals surface area contributed by atoms with Crippen LogP contribution in [-0.4, -0.2) is 12.9 Å². The minimum Gasteiger partial charge on any atom is -0.496 e. The molecule has 0 aliphatic carbocycles. The van der Waals surface area contributed by atoms with Gasteiger partial charge in [-0.15, -0.1) is 11.3 Å². The van der Waals surface area contributed by atoms with E-state index in [1.165, 1.54) is 22.5 Å². The molecular weight excluding hydrogens is 256 g/mol. The molecular formula is C16H18O2S. The molecule has 2 aromatic rings. The highest BCUT2D eigenvalue weighted by atomic mass is 32.1. The molecule has 0 atom stereocenters. The number of carbonyl (C=O) groups excluding carboxylic acids is 1. The summed E-state index contributed by atoms with van der Waals surface area (Å²) in [7, 11) is 1.61. The van der Waals surface area contributed by atoms with Gasteiger partial charge < -0.3 is 4.74 Å². The number of thiophene rings is 1. The molecule has 100 valence electrons. The summed E-state index contributed by atoms with van der Waals surface area (Å²) >= 11 is 1.43. The number of ether oxygens (including phenoxy) is 1. The average molecular weight is 274 g/mol. The Labute approximate surface area is 118 Å². The second-order valence-corrected chi connectivity index (χ2v) is 5.28. The van der Waals surface area contributed by atoms with E-state index in [0.29, 0.717) is 0 Å². The van der Waals surface area contributed by atoms with Crippen LogP contribution in [0.2, 0.25) is 0 Å². The van der Waals surface area contributed by atoms with Crippen LogP contribution in [-0.2, 0) is 12.8 Å². The zero-order valence-corrected chi connectivity index (χ0v) is 12.3. The summed E-state index contributed by atoms with van der Waals surface area (Å²) in [4.78, 5) is 13.1. The molecule has 0 N–H and O–H groups in total. The van der Waals surface area contributed by atoms with Gasteiger partial charge in [-0.05, 0) is 30.0 Å². The van der Waals surface area contributed by atoms with Crippen molar-refractivity contribution < 1.29 is 9.53 Å². The van der Waals surface area contributed by atoms with E-state index in [2.05, 4.69) is 19.9 Å². The molecule has 0 aliphatic rings. The molecule has 0 unspecified atom stereocenters. The lowest BCUT2D eigenvalue weighted by atomic mass is 9.98. The van der Waals surface area contributed by atoms with Crippen molar-refractivity contribution in [2.24, 2.45) is 0 Å². The third kappa shape index (κ3) is 2.87. The van der Waals surface area contributed by atoms with E-state index in [4.69, 9.17) is 4.74 Å². The van der Waals surface area contributed by atoms with Crippen LogP contribution in [0.1, 0.15) is 40.2 Å². The summed E-state index contributed by atoms with van der Waals surface area (Å²) in [6.07, 6.45) is 1.96. The molecule has 2 rings (SSSR count). The summed E-state index contributed by atoms with van der Waals surface area (Å²) in [6.45, 7) is 4.26. The Kier molecular flexibility index (Phi) is 4.38. The number of hydrogen-bond acceptors (Lipinski definition) is 3. The second kappa shape index (κ2) is 6.02. The number of methoxy groups -OCH3 is 1. The molecule has 2 nitrogen and oxygen atoms in total. The highest BCUT2D eigenvalue weighted by molar-refractivity contribution is 7.12. The molecule has 0 radical (unpaired) electrons. The van der Waals surface area contributed by atoms with E-state index in [-0.39, 0.29) is 5.78 Å². The van der Waals surface area contributed by atoms with Gasteiger partial charge in [0.25, 0.3) is 0 Å². The van der Waals surface area contributed by atoms with E-state index >= 15 is 0 Å². The third-order valence-electron chi connectivity index (χ3n) is 3.27. The monoisotopic (exact) mass is 274 g/mol. The summed E-state index contributed by atoms with van der Waals surface area (Å²) in [5.74, 6) is 0.819. The number of ketones is 1. The van der Waals surface area contributed by atoms with Crippen molar-refractivity contribution >= 4 is 17.1 Å². The fourth-order valence-electron chi connectivity index (χ4n) is 2.13. The first-order valence-electron chi connectivity index (χ1n) is 6.48. The van der Waals surface area contributed by atoms with Crippen molar-refractivity contribution in [1.82, 2.24) is 0 Å². The maximum absolute atomic E-state index is 12.4. The standard InChI is InChI=1S/C16H18O2S/c1-4-11-6-7-13(8-12(11)5-2)16(17)15-9-14(18-3)10-19-15/h6-10H,4-5H2,1-3H3. The van der Waals surface area contributed by atoms with Crippen LogP contribution in [0, 0.1) is 0 Å². The topological polar surface area (TPSA) is 26.3 Å². The maximum Gasteiger partial charge on any atom is 0.203 e. The molecule has 1 aromatic heterocycles. The van der Waals surface area contributed by atoms with Crippen LogP contribution in [0.5, 0.6) is 5.75 Å². The van der Waals surface area contributed by atoms with Gasteiger partial charge in [0.05, 0.1) is 12.0 Å². The van der Waals surface area contributed by atoms with Gasteiger partial charge >= 0.3 is 0 Å². The van der Waals surface area contributed by atoms with Gasteiger partial charge in [-0.2, -0.15) is 0 Å². The zero-order valence-electron chi connectivity index (χ0n) is 11.5. The predicted molar refractivity (Wildman–Crippen MR) is 79.5 cm³/mol. The maximum atomic E-state index is 12.4. The summed E-state index contributed by atoms with van der Waals surface area (Å²) in [6, 6.07) is 7.81. The summed E-state index contributed by atoms with van der Waals surface area (Å²) < 4.78 is 5.12. The molecule has 0 amide bonds. The smallest absolute Gasteiger partial charge is 0.203 e. The first-order valence-corrected chi connectivity index (χ1v) is 7.36. The molecule has 0 fully saturated rings. The zero-order chi connectivity index (χ0) is 13.8. The normalized spacial score (nSPS) is 10.5. The SMILES string of the molecule is CCc1ccc(C(=O)c2cc(OC)cs2)cc1CC. The Bertz CT molecular complexity index is 584. The first kappa shape index (κ1) is 13.8. The lowest BCUT2D eigenvalue weighted by Gasteiger charge is -2.07. The van der Waals surface area contributed by atoms with E-state index in [9.17, 15) is 4.79 Å². The van der Waals surface area contributed by atoms with Crippen molar-refractivity contribution in [2.75, 3.05) is 7.11 Å². The van der Waals surface area contributed by atoms with Crippen LogP contribution < -0.4 is 4.74 Å². The fraction of sp³-hybridized carbons (Fsp3) is 0.312. The third-order valence-corrected chi connectivity index (χ3v) is 4.17. The Morgan fingerprint density at radius 2 is 1.89 bits per heavy atom. The Hall–Kier alpha value is -1.61. The minimum atomic E-state index is 0.0747. The van der Waals surface area contributed by atoms with Gasteiger partial charge in [-0.1, -0.05) is 26.0 Å². The average Bonchev–Trinajstić information content (AvgIpc) is 2.94. The molecule has 0 saturated carbocycles. The fourth-order valence-corrected chi connectivity index (χ4v) is 2.94. The molecule has 0 aliphatic heterocycles. The van der Waals surface area contributed by atoms with E-state index in [0.717, 1.165) is 29.0 Å². The number of rotatable bonds is 5. The van der Waals surface area contributed by atoms with Crippen molar-refractivity contribution in [3.8, 4) is 5.75 Å².